The summed E-state index contributed by atoms with van der Waals surface area (Å²) in [7, 11) is 1.84. The van der Waals surface area contributed by atoms with E-state index in [-0.39, 0.29) is 10.7 Å². The third-order valence-electron chi connectivity index (χ3n) is 2.90. The molecule has 1 saturated carbocycles. The van der Waals surface area contributed by atoms with Crippen molar-refractivity contribution in [2.24, 2.45) is 16.6 Å². The van der Waals surface area contributed by atoms with Crippen molar-refractivity contribution in [2.75, 3.05) is 13.7 Å². The van der Waals surface area contributed by atoms with Gasteiger partial charge in [-0.2, -0.15) is 0 Å². The normalized spacial score (nSPS) is 24.8. The standard InChI is InChI=1S/C11H16ClN3O2/c1-3-17-11(16)8-7(12)9(13)15(2)10(14-8)6-4-5-6/h6,9H,3-5,13H2,1-2H3. The first kappa shape index (κ1) is 12.4. The lowest BCUT2D eigenvalue weighted by Gasteiger charge is -2.31. The van der Waals surface area contributed by atoms with Crippen LogP contribution in [0.15, 0.2) is 15.7 Å². The zero-order valence-corrected chi connectivity index (χ0v) is 10.7. The first-order chi connectivity index (χ1) is 8.06. The summed E-state index contributed by atoms with van der Waals surface area (Å²) in [4.78, 5) is 17.8. The van der Waals surface area contributed by atoms with Gasteiger partial charge in [0.1, 0.15) is 12.0 Å². The summed E-state index contributed by atoms with van der Waals surface area (Å²) in [6, 6.07) is 0. The van der Waals surface area contributed by atoms with Crippen LogP contribution in [0.1, 0.15) is 19.8 Å². The van der Waals surface area contributed by atoms with Crippen molar-refractivity contribution in [1.29, 1.82) is 0 Å². The molecule has 17 heavy (non-hydrogen) atoms. The van der Waals surface area contributed by atoms with E-state index in [0.29, 0.717) is 12.5 Å². The number of halogens is 1. The van der Waals surface area contributed by atoms with E-state index in [1.165, 1.54) is 0 Å². The lowest BCUT2D eigenvalue weighted by molar-refractivity contribution is -0.138. The van der Waals surface area contributed by atoms with Gasteiger partial charge in [-0.1, -0.05) is 11.6 Å². The van der Waals surface area contributed by atoms with Crippen molar-refractivity contribution < 1.29 is 9.53 Å². The van der Waals surface area contributed by atoms with Crippen LogP contribution in [-0.4, -0.2) is 36.5 Å². The molecule has 1 aliphatic carbocycles. The first-order valence-electron chi connectivity index (χ1n) is 5.70. The molecule has 0 bridgehead atoms. The molecular formula is C11H16ClN3O2. The molecular weight excluding hydrogens is 242 g/mol. The average molecular weight is 258 g/mol. The number of hydrogen-bond donors (Lipinski definition) is 1. The Balaban J connectivity index is 2.31. The Hall–Kier alpha value is -1.07. The molecule has 6 heteroatoms. The molecule has 0 aromatic heterocycles. The van der Waals surface area contributed by atoms with Crippen molar-refractivity contribution in [3.63, 3.8) is 0 Å². The minimum Gasteiger partial charge on any atom is -0.461 e. The second kappa shape index (κ2) is 4.66. The number of carbonyl (C=O) groups is 1. The fraction of sp³-hybridized carbons (Fsp3) is 0.636. The Kier molecular flexibility index (Phi) is 3.40. The van der Waals surface area contributed by atoms with E-state index in [1.807, 2.05) is 11.9 Å². The molecule has 2 aliphatic rings. The van der Waals surface area contributed by atoms with Gasteiger partial charge in [0.25, 0.3) is 0 Å². The summed E-state index contributed by atoms with van der Waals surface area (Å²) < 4.78 is 4.92. The molecule has 1 atom stereocenters. The second-order valence-corrected chi connectivity index (χ2v) is 4.62. The minimum atomic E-state index is -0.510. The zero-order valence-electron chi connectivity index (χ0n) is 9.94. The number of amidine groups is 1. The van der Waals surface area contributed by atoms with Crippen LogP contribution in [0.5, 0.6) is 0 Å². The minimum absolute atomic E-state index is 0.154. The monoisotopic (exact) mass is 257 g/mol. The summed E-state index contributed by atoms with van der Waals surface area (Å²) in [5, 5.41) is 0.246. The Morgan fingerprint density at radius 3 is 2.82 bits per heavy atom. The number of hydrogen-bond acceptors (Lipinski definition) is 5. The highest BCUT2D eigenvalue weighted by molar-refractivity contribution is 6.33. The molecule has 0 amide bonds. The van der Waals surface area contributed by atoms with Crippen LogP contribution in [0, 0.1) is 5.92 Å². The van der Waals surface area contributed by atoms with Crippen LogP contribution in [-0.2, 0) is 9.53 Å². The number of carbonyl (C=O) groups excluding carboxylic acids is 1. The van der Waals surface area contributed by atoms with E-state index in [1.54, 1.807) is 6.92 Å². The fourth-order valence-corrected chi connectivity index (χ4v) is 2.03. The predicted molar refractivity (Wildman–Crippen MR) is 65.4 cm³/mol. The molecule has 1 aliphatic heterocycles. The third kappa shape index (κ3) is 2.30. The van der Waals surface area contributed by atoms with Crippen LogP contribution in [0.3, 0.4) is 0 Å². The van der Waals surface area contributed by atoms with Crippen molar-refractivity contribution in [2.45, 2.75) is 25.9 Å². The predicted octanol–water partition coefficient (Wildman–Crippen LogP) is 1.04. The van der Waals surface area contributed by atoms with Gasteiger partial charge in [-0.15, -0.1) is 0 Å². The molecule has 94 valence electrons. The number of nitrogens with two attached hydrogens (primary N) is 1. The van der Waals surface area contributed by atoms with Gasteiger partial charge >= 0.3 is 5.97 Å². The van der Waals surface area contributed by atoms with Crippen LogP contribution in [0.2, 0.25) is 0 Å². The molecule has 0 radical (unpaired) electrons. The number of aliphatic imine (C=N–C) groups is 1. The number of esters is 1. The molecule has 1 unspecified atom stereocenters. The van der Waals surface area contributed by atoms with Gasteiger partial charge in [-0.3, -0.25) is 0 Å². The first-order valence-corrected chi connectivity index (χ1v) is 6.07. The molecule has 1 heterocycles. The van der Waals surface area contributed by atoms with E-state index in [9.17, 15) is 4.79 Å². The Morgan fingerprint density at radius 2 is 2.29 bits per heavy atom. The van der Waals surface area contributed by atoms with Crippen LogP contribution >= 0.6 is 11.6 Å². The molecule has 0 aromatic rings. The second-order valence-electron chi connectivity index (χ2n) is 4.22. The molecule has 2 N–H and O–H groups in total. The highest BCUT2D eigenvalue weighted by Crippen LogP contribution is 2.36. The number of ether oxygens (including phenoxy) is 1. The number of nitrogens with zero attached hydrogens (tertiary/aromatic N) is 2. The van der Waals surface area contributed by atoms with Crippen LogP contribution in [0.4, 0.5) is 0 Å². The number of rotatable bonds is 3. The quantitative estimate of drug-likeness (QED) is 0.767. The van der Waals surface area contributed by atoms with Gasteiger partial charge in [-0.05, 0) is 19.8 Å². The Labute approximate surface area is 105 Å². The SMILES string of the molecule is CCOC(=O)C1=C(Cl)C(N)N(C)C(C2CC2)=N1. The van der Waals surface area contributed by atoms with Gasteiger partial charge < -0.3 is 15.4 Å². The van der Waals surface area contributed by atoms with Crippen LogP contribution in [0.25, 0.3) is 0 Å². The third-order valence-corrected chi connectivity index (χ3v) is 3.30. The van der Waals surface area contributed by atoms with Gasteiger partial charge in [-0.25, -0.2) is 9.79 Å². The highest BCUT2D eigenvalue weighted by Gasteiger charge is 2.37. The molecule has 0 spiro atoms. The smallest absolute Gasteiger partial charge is 0.358 e. The van der Waals surface area contributed by atoms with E-state index < -0.39 is 12.1 Å². The van der Waals surface area contributed by atoms with Crippen molar-refractivity contribution in [3.8, 4) is 0 Å². The molecule has 2 rings (SSSR count). The van der Waals surface area contributed by atoms with Crippen molar-refractivity contribution >= 4 is 23.4 Å². The number of likely N-dealkylation sites (N-methyl/N-ethyl adjacent to an activating group) is 1. The summed E-state index contributed by atoms with van der Waals surface area (Å²) in [6.07, 6.45) is 1.66. The lowest BCUT2D eigenvalue weighted by atomic mass is 10.2. The fourth-order valence-electron chi connectivity index (χ4n) is 1.76. The Bertz CT molecular complexity index is 402. The van der Waals surface area contributed by atoms with Crippen LogP contribution < -0.4 is 5.73 Å². The summed E-state index contributed by atoms with van der Waals surface area (Å²) >= 11 is 6.05. The summed E-state index contributed by atoms with van der Waals surface area (Å²) in [6.45, 7) is 2.04. The van der Waals surface area contributed by atoms with E-state index in [2.05, 4.69) is 4.99 Å². The molecule has 1 fully saturated rings. The van der Waals surface area contributed by atoms with Gasteiger partial charge in [0.05, 0.1) is 11.6 Å². The maximum atomic E-state index is 11.7. The van der Waals surface area contributed by atoms with Crippen molar-refractivity contribution in [1.82, 2.24) is 4.90 Å². The van der Waals surface area contributed by atoms with Gasteiger partial charge in [0.15, 0.2) is 5.70 Å². The molecule has 0 aromatic carbocycles. The lowest BCUT2D eigenvalue weighted by Crippen LogP contribution is -2.47. The summed E-state index contributed by atoms with van der Waals surface area (Å²) in [5.41, 5.74) is 6.10. The van der Waals surface area contributed by atoms with Crippen molar-refractivity contribution in [3.05, 3.63) is 10.7 Å². The average Bonchev–Trinajstić information content (AvgIpc) is 3.10. The maximum Gasteiger partial charge on any atom is 0.358 e. The van der Waals surface area contributed by atoms with Gasteiger partial charge in [0.2, 0.25) is 0 Å². The maximum absolute atomic E-state index is 11.7. The highest BCUT2D eigenvalue weighted by atomic mass is 35.5. The topological polar surface area (TPSA) is 67.9 Å². The van der Waals surface area contributed by atoms with E-state index in [4.69, 9.17) is 22.1 Å². The molecule has 5 nitrogen and oxygen atoms in total. The Morgan fingerprint density at radius 1 is 1.65 bits per heavy atom. The zero-order chi connectivity index (χ0) is 12.6. The summed E-state index contributed by atoms with van der Waals surface area (Å²) in [5.74, 6) is 0.740. The largest absolute Gasteiger partial charge is 0.461 e. The molecule has 0 saturated heterocycles. The van der Waals surface area contributed by atoms with Gasteiger partial charge in [0, 0.05) is 13.0 Å². The van der Waals surface area contributed by atoms with E-state index >= 15 is 0 Å². The van der Waals surface area contributed by atoms with E-state index in [0.717, 1.165) is 18.7 Å².